The van der Waals surface area contributed by atoms with E-state index in [-0.39, 0.29) is 17.1 Å². The molecule has 0 spiro atoms. The van der Waals surface area contributed by atoms with Crippen molar-refractivity contribution in [1.29, 1.82) is 0 Å². The molecule has 0 aliphatic rings. The number of carbonyl (C=O) groups is 1. The summed E-state index contributed by atoms with van der Waals surface area (Å²) < 4.78 is 0. The van der Waals surface area contributed by atoms with Crippen LogP contribution in [0.3, 0.4) is 0 Å². The Morgan fingerprint density at radius 3 is 2.72 bits per heavy atom. The van der Waals surface area contributed by atoms with Crippen molar-refractivity contribution in [2.24, 2.45) is 0 Å². The zero-order valence-corrected chi connectivity index (χ0v) is 10.2. The molecule has 0 radical (unpaired) electrons. The number of nitrogens with one attached hydrogen (secondary N) is 2. The van der Waals surface area contributed by atoms with Crippen molar-refractivity contribution in [3.63, 3.8) is 0 Å². The molecule has 0 saturated heterocycles. The maximum atomic E-state index is 11.7. The highest BCUT2D eigenvalue weighted by Gasteiger charge is 2.11. The molecule has 6 nitrogen and oxygen atoms in total. The van der Waals surface area contributed by atoms with Gasteiger partial charge in [-0.3, -0.25) is 4.79 Å². The Labute approximate surface area is 105 Å². The molecule has 100 valence electrons. The van der Waals surface area contributed by atoms with Crippen LogP contribution >= 0.6 is 0 Å². The number of carbonyl (C=O) groups excluding carboxylic acids is 1. The summed E-state index contributed by atoms with van der Waals surface area (Å²) in [6.07, 6.45) is -0.434. The topological polar surface area (TPSA) is 102 Å². The highest BCUT2D eigenvalue weighted by atomic mass is 16.3. The van der Waals surface area contributed by atoms with E-state index >= 15 is 0 Å². The maximum absolute atomic E-state index is 11.7. The SMILES string of the molecule is CC(O)CNCCNC(=O)c1cc(O)ccc1O. The fraction of sp³-hybridized carbons (Fsp3) is 0.417. The van der Waals surface area contributed by atoms with Gasteiger partial charge < -0.3 is 26.0 Å². The summed E-state index contributed by atoms with van der Waals surface area (Å²) in [7, 11) is 0. The summed E-state index contributed by atoms with van der Waals surface area (Å²) >= 11 is 0. The molecule has 1 aromatic carbocycles. The first-order valence-corrected chi connectivity index (χ1v) is 5.69. The number of aromatic hydroxyl groups is 2. The molecule has 1 amide bonds. The molecule has 0 aliphatic carbocycles. The summed E-state index contributed by atoms with van der Waals surface area (Å²) in [6.45, 7) is 2.99. The number of aliphatic hydroxyl groups excluding tert-OH is 1. The number of aliphatic hydroxyl groups is 1. The average Bonchev–Trinajstić information content (AvgIpc) is 2.31. The second-order valence-corrected chi connectivity index (χ2v) is 4.01. The second kappa shape index (κ2) is 6.83. The van der Waals surface area contributed by atoms with Crippen LogP contribution < -0.4 is 10.6 Å². The number of hydrogen-bond acceptors (Lipinski definition) is 5. The summed E-state index contributed by atoms with van der Waals surface area (Å²) in [4.78, 5) is 11.7. The van der Waals surface area contributed by atoms with Crippen LogP contribution in [0.4, 0.5) is 0 Å². The van der Waals surface area contributed by atoms with Crippen molar-refractivity contribution >= 4 is 5.91 Å². The summed E-state index contributed by atoms with van der Waals surface area (Å²) in [5.41, 5.74) is 0.0329. The van der Waals surface area contributed by atoms with E-state index in [0.29, 0.717) is 19.6 Å². The molecule has 5 N–H and O–H groups in total. The molecule has 6 heteroatoms. The van der Waals surface area contributed by atoms with Gasteiger partial charge in [0.15, 0.2) is 0 Å². The third-order valence-corrected chi connectivity index (χ3v) is 2.25. The van der Waals surface area contributed by atoms with Crippen molar-refractivity contribution in [2.75, 3.05) is 19.6 Å². The predicted octanol–water partition coefficient (Wildman–Crippen LogP) is -0.202. The zero-order chi connectivity index (χ0) is 13.5. The van der Waals surface area contributed by atoms with Crippen molar-refractivity contribution in [3.8, 4) is 11.5 Å². The average molecular weight is 254 g/mol. The first kappa shape index (κ1) is 14.3. The fourth-order valence-corrected chi connectivity index (χ4v) is 1.38. The molecular weight excluding hydrogens is 236 g/mol. The monoisotopic (exact) mass is 254 g/mol. The van der Waals surface area contributed by atoms with Gasteiger partial charge in [-0.05, 0) is 25.1 Å². The van der Waals surface area contributed by atoms with Crippen molar-refractivity contribution in [1.82, 2.24) is 10.6 Å². The lowest BCUT2D eigenvalue weighted by atomic mass is 10.2. The van der Waals surface area contributed by atoms with E-state index in [0.717, 1.165) is 0 Å². The minimum Gasteiger partial charge on any atom is -0.508 e. The molecule has 18 heavy (non-hydrogen) atoms. The highest BCUT2D eigenvalue weighted by Crippen LogP contribution is 2.21. The van der Waals surface area contributed by atoms with Crippen LogP contribution in [-0.2, 0) is 0 Å². The first-order valence-electron chi connectivity index (χ1n) is 5.69. The van der Waals surface area contributed by atoms with Crippen LogP contribution in [0.15, 0.2) is 18.2 Å². The number of phenolic OH excluding ortho intramolecular Hbond substituents is 2. The number of rotatable bonds is 6. The van der Waals surface area contributed by atoms with E-state index in [9.17, 15) is 15.0 Å². The molecule has 1 aromatic rings. The van der Waals surface area contributed by atoms with Gasteiger partial charge in [0.2, 0.25) is 0 Å². The zero-order valence-electron chi connectivity index (χ0n) is 10.2. The highest BCUT2D eigenvalue weighted by molar-refractivity contribution is 5.97. The Morgan fingerprint density at radius 2 is 2.06 bits per heavy atom. The summed E-state index contributed by atoms with van der Waals surface area (Å²) in [5, 5.41) is 33.2. The Balaban J connectivity index is 2.39. The molecule has 0 heterocycles. The van der Waals surface area contributed by atoms with Crippen LogP contribution in [0.25, 0.3) is 0 Å². The van der Waals surface area contributed by atoms with Gasteiger partial charge in [-0.25, -0.2) is 0 Å². The number of benzene rings is 1. The van der Waals surface area contributed by atoms with Crippen molar-refractivity contribution < 1.29 is 20.1 Å². The van der Waals surface area contributed by atoms with Crippen LogP contribution in [0.2, 0.25) is 0 Å². The summed E-state index contributed by atoms with van der Waals surface area (Å²) in [5.74, 6) is -0.713. The van der Waals surface area contributed by atoms with Gasteiger partial charge in [0.1, 0.15) is 11.5 Å². The van der Waals surface area contributed by atoms with E-state index < -0.39 is 12.0 Å². The van der Waals surface area contributed by atoms with Gasteiger partial charge in [-0.1, -0.05) is 0 Å². The van der Waals surface area contributed by atoms with Crippen LogP contribution in [-0.4, -0.2) is 47.0 Å². The lowest BCUT2D eigenvalue weighted by molar-refractivity contribution is 0.0950. The van der Waals surface area contributed by atoms with Crippen LogP contribution in [0, 0.1) is 0 Å². The Bertz CT molecular complexity index is 407. The maximum Gasteiger partial charge on any atom is 0.255 e. The van der Waals surface area contributed by atoms with Gasteiger partial charge in [0.05, 0.1) is 11.7 Å². The molecule has 1 rings (SSSR count). The Morgan fingerprint density at radius 1 is 1.33 bits per heavy atom. The van der Waals surface area contributed by atoms with Gasteiger partial charge in [0, 0.05) is 19.6 Å². The van der Waals surface area contributed by atoms with Gasteiger partial charge >= 0.3 is 0 Å². The third kappa shape index (κ3) is 4.60. The minimum absolute atomic E-state index is 0.0329. The Hall–Kier alpha value is -1.79. The lowest BCUT2D eigenvalue weighted by Gasteiger charge is -2.09. The van der Waals surface area contributed by atoms with Crippen molar-refractivity contribution in [3.05, 3.63) is 23.8 Å². The normalized spacial score (nSPS) is 12.1. The second-order valence-electron chi connectivity index (χ2n) is 4.01. The largest absolute Gasteiger partial charge is 0.508 e. The van der Waals surface area contributed by atoms with Gasteiger partial charge in [0.25, 0.3) is 5.91 Å². The van der Waals surface area contributed by atoms with Crippen LogP contribution in [0.1, 0.15) is 17.3 Å². The molecule has 1 atom stereocenters. The molecule has 0 aromatic heterocycles. The lowest BCUT2D eigenvalue weighted by Crippen LogP contribution is -2.34. The van der Waals surface area contributed by atoms with Crippen molar-refractivity contribution in [2.45, 2.75) is 13.0 Å². The predicted molar refractivity (Wildman–Crippen MR) is 66.7 cm³/mol. The summed E-state index contributed by atoms with van der Waals surface area (Å²) in [6, 6.07) is 3.76. The first-order chi connectivity index (χ1) is 8.50. The smallest absolute Gasteiger partial charge is 0.255 e. The molecule has 1 unspecified atom stereocenters. The standard InChI is InChI=1S/C12H18N2O4/c1-8(15)7-13-4-5-14-12(18)10-6-9(16)2-3-11(10)17/h2-3,6,8,13,15-17H,4-5,7H2,1H3,(H,14,18). The van der Waals surface area contributed by atoms with E-state index in [1.807, 2.05) is 0 Å². The number of amides is 1. The van der Waals surface area contributed by atoms with E-state index in [2.05, 4.69) is 10.6 Å². The fourth-order valence-electron chi connectivity index (χ4n) is 1.38. The molecular formula is C12H18N2O4. The van der Waals surface area contributed by atoms with E-state index in [4.69, 9.17) is 5.11 Å². The van der Waals surface area contributed by atoms with Gasteiger partial charge in [-0.2, -0.15) is 0 Å². The molecule has 0 saturated carbocycles. The molecule has 0 bridgehead atoms. The van der Waals surface area contributed by atoms with E-state index in [1.54, 1.807) is 6.92 Å². The molecule has 0 fully saturated rings. The minimum atomic E-state index is -0.456. The van der Waals surface area contributed by atoms with Crippen LogP contribution in [0.5, 0.6) is 11.5 Å². The quantitative estimate of drug-likeness (QED) is 0.357. The number of phenols is 2. The number of hydrogen-bond donors (Lipinski definition) is 5. The van der Waals surface area contributed by atoms with E-state index in [1.165, 1.54) is 18.2 Å². The van der Waals surface area contributed by atoms with Gasteiger partial charge in [-0.15, -0.1) is 0 Å². The molecule has 0 aliphatic heterocycles. The Kier molecular flexibility index (Phi) is 5.41. The third-order valence-electron chi connectivity index (χ3n) is 2.25.